The van der Waals surface area contributed by atoms with Crippen molar-refractivity contribution in [2.45, 2.75) is 13.3 Å². The minimum atomic E-state index is 0.0415. The Morgan fingerprint density at radius 2 is 2.27 bits per heavy atom. The zero-order chi connectivity index (χ0) is 10.8. The van der Waals surface area contributed by atoms with Gasteiger partial charge in [-0.05, 0) is 25.5 Å². The lowest BCUT2D eigenvalue weighted by atomic mass is 10.1. The molecule has 15 heavy (non-hydrogen) atoms. The van der Waals surface area contributed by atoms with E-state index in [0.717, 1.165) is 5.56 Å². The van der Waals surface area contributed by atoms with E-state index >= 15 is 0 Å². The second-order valence-electron chi connectivity index (χ2n) is 3.58. The number of rotatable bonds is 2. The van der Waals surface area contributed by atoms with Crippen molar-refractivity contribution in [3.8, 4) is 0 Å². The smallest absolute Gasteiger partial charge is 0.196 e. The minimum absolute atomic E-state index is 0.0415. The molecule has 1 aromatic heterocycles. The maximum absolute atomic E-state index is 12.0. The van der Waals surface area contributed by atoms with Crippen LogP contribution in [-0.4, -0.2) is 0 Å². The van der Waals surface area contributed by atoms with Gasteiger partial charge in [0.2, 0.25) is 0 Å². The molecule has 2 rings (SSSR count). The Bertz CT molecular complexity index is 564. The van der Waals surface area contributed by atoms with Gasteiger partial charge in [-0.25, -0.2) is 0 Å². The van der Waals surface area contributed by atoms with Crippen LogP contribution in [0.3, 0.4) is 0 Å². The zero-order valence-electron chi connectivity index (χ0n) is 8.62. The van der Waals surface area contributed by atoms with E-state index in [1.165, 1.54) is 6.26 Å². The van der Waals surface area contributed by atoms with Gasteiger partial charge in [0, 0.05) is 5.56 Å². The van der Waals surface area contributed by atoms with Crippen LogP contribution in [0.5, 0.6) is 0 Å². The van der Waals surface area contributed by atoms with Crippen LogP contribution in [0.25, 0.3) is 11.0 Å². The summed E-state index contributed by atoms with van der Waals surface area (Å²) >= 11 is 0. The molecule has 0 atom stereocenters. The van der Waals surface area contributed by atoms with E-state index < -0.39 is 0 Å². The summed E-state index contributed by atoms with van der Waals surface area (Å²) in [6.45, 7) is 5.57. The molecule has 76 valence electrons. The molecule has 2 nitrogen and oxygen atoms in total. The molecule has 0 amide bonds. The molecular formula is C13H12O2. The second-order valence-corrected chi connectivity index (χ2v) is 3.58. The van der Waals surface area contributed by atoms with Crippen molar-refractivity contribution < 1.29 is 4.42 Å². The first-order valence-electron chi connectivity index (χ1n) is 4.84. The second kappa shape index (κ2) is 3.73. The van der Waals surface area contributed by atoms with E-state index in [-0.39, 0.29) is 5.43 Å². The van der Waals surface area contributed by atoms with Crippen molar-refractivity contribution in [2.75, 3.05) is 0 Å². The molecule has 0 aliphatic heterocycles. The molecule has 0 aliphatic carbocycles. The van der Waals surface area contributed by atoms with Crippen molar-refractivity contribution in [3.63, 3.8) is 0 Å². The Morgan fingerprint density at radius 1 is 1.47 bits per heavy atom. The SMILES string of the molecule is C=CCc1coc2ccc(C)cc2c1=O. The van der Waals surface area contributed by atoms with Crippen LogP contribution in [0, 0.1) is 6.92 Å². The van der Waals surface area contributed by atoms with Crippen molar-refractivity contribution in [3.05, 3.63) is 58.5 Å². The highest BCUT2D eigenvalue weighted by Gasteiger charge is 2.05. The molecule has 0 unspecified atom stereocenters. The molecule has 0 N–H and O–H groups in total. The molecular weight excluding hydrogens is 188 g/mol. The maximum atomic E-state index is 12.0. The topological polar surface area (TPSA) is 30.2 Å². The van der Waals surface area contributed by atoms with Crippen LogP contribution < -0.4 is 5.43 Å². The predicted octanol–water partition coefficient (Wildman–Crippen LogP) is 2.83. The molecule has 0 spiro atoms. The third-order valence-corrected chi connectivity index (χ3v) is 2.36. The average Bonchev–Trinajstić information content (AvgIpc) is 2.23. The molecule has 1 heterocycles. The third kappa shape index (κ3) is 1.71. The number of aryl methyl sites for hydroxylation is 1. The van der Waals surface area contributed by atoms with Crippen molar-refractivity contribution in [1.29, 1.82) is 0 Å². The van der Waals surface area contributed by atoms with Crippen LogP contribution in [0.1, 0.15) is 11.1 Å². The highest BCUT2D eigenvalue weighted by Crippen LogP contribution is 2.13. The number of hydrogen-bond donors (Lipinski definition) is 0. The van der Waals surface area contributed by atoms with Crippen molar-refractivity contribution in [1.82, 2.24) is 0 Å². The summed E-state index contributed by atoms with van der Waals surface area (Å²) in [5.74, 6) is 0. The molecule has 0 saturated heterocycles. The van der Waals surface area contributed by atoms with Gasteiger partial charge >= 0.3 is 0 Å². The van der Waals surface area contributed by atoms with Gasteiger partial charge < -0.3 is 4.42 Å². The number of allylic oxidation sites excluding steroid dienone is 1. The van der Waals surface area contributed by atoms with E-state index in [4.69, 9.17) is 4.42 Å². The molecule has 0 bridgehead atoms. The summed E-state index contributed by atoms with van der Waals surface area (Å²) in [5, 5.41) is 0.648. The molecule has 2 aromatic rings. The maximum Gasteiger partial charge on any atom is 0.196 e. The van der Waals surface area contributed by atoms with Crippen LogP contribution >= 0.6 is 0 Å². The van der Waals surface area contributed by atoms with Gasteiger partial charge in [0.1, 0.15) is 5.58 Å². The first-order valence-corrected chi connectivity index (χ1v) is 4.84. The Morgan fingerprint density at radius 3 is 3.00 bits per heavy atom. The Balaban J connectivity index is 2.76. The van der Waals surface area contributed by atoms with Gasteiger partial charge in [-0.1, -0.05) is 17.7 Å². The Hall–Kier alpha value is -1.83. The third-order valence-electron chi connectivity index (χ3n) is 2.36. The predicted molar refractivity (Wildman–Crippen MR) is 61.1 cm³/mol. The lowest BCUT2D eigenvalue weighted by molar-refractivity contribution is 0.595. The summed E-state index contributed by atoms with van der Waals surface area (Å²) < 4.78 is 5.38. The molecule has 1 aromatic carbocycles. The van der Waals surface area contributed by atoms with E-state index in [9.17, 15) is 4.79 Å². The zero-order valence-corrected chi connectivity index (χ0v) is 8.62. The molecule has 0 aliphatic rings. The van der Waals surface area contributed by atoms with Gasteiger partial charge in [0.05, 0.1) is 11.6 Å². The van der Waals surface area contributed by atoms with Gasteiger partial charge in [-0.2, -0.15) is 0 Å². The number of hydrogen-bond acceptors (Lipinski definition) is 2. The summed E-state index contributed by atoms with van der Waals surface area (Å²) in [4.78, 5) is 12.0. The quantitative estimate of drug-likeness (QED) is 0.698. The Labute approximate surface area is 87.8 Å². The highest BCUT2D eigenvalue weighted by molar-refractivity contribution is 5.77. The van der Waals surface area contributed by atoms with Crippen molar-refractivity contribution in [2.24, 2.45) is 0 Å². The van der Waals surface area contributed by atoms with E-state index in [2.05, 4.69) is 6.58 Å². The summed E-state index contributed by atoms with van der Waals surface area (Å²) in [7, 11) is 0. The van der Waals surface area contributed by atoms with Gasteiger partial charge in [-0.15, -0.1) is 6.58 Å². The molecule has 0 fully saturated rings. The lowest BCUT2D eigenvalue weighted by Crippen LogP contribution is -2.07. The average molecular weight is 200 g/mol. The van der Waals surface area contributed by atoms with Crippen LogP contribution in [0.2, 0.25) is 0 Å². The number of fused-ring (bicyclic) bond motifs is 1. The summed E-state index contributed by atoms with van der Waals surface area (Å²) in [5.41, 5.74) is 2.40. The van der Waals surface area contributed by atoms with Crippen molar-refractivity contribution >= 4 is 11.0 Å². The first kappa shape index (κ1) is 9.71. The van der Waals surface area contributed by atoms with Gasteiger partial charge in [-0.3, -0.25) is 4.79 Å². The fourth-order valence-corrected chi connectivity index (χ4v) is 1.58. The summed E-state index contributed by atoms with van der Waals surface area (Å²) in [6.07, 6.45) is 3.77. The standard InChI is InChI=1S/C13H12O2/c1-3-4-10-8-15-12-6-5-9(2)7-11(12)13(10)14/h3,5-8H,1,4H2,2H3. The number of benzene rings is 1. The minimum Gasteiger partial charge on any atom is -0.464 e. The Kier molecular flexibility index (Phi) is 2.42. The normalized spacial score (nSPS) is 10.5. The van der Waals surface area contributed by atoms with Crippen LogP contribution in [0.4, 0.5) is 0 Å². The van der Waals surface area contributed by atoms with Crippen LogP contribution in [0.15, 0.2) is 46.3 Å². The monoisotopic (exact) mass is 200 g/mol. The van der Waals surface area contributed by atoms with E-state index in [1.54, 1.807) is 6.08 Å². The largest absolute Gasteiger partial charge is 0.464 e. The first-order chi connectivity index (χ1) is 7.22. The highest BCUT2D eigenvalue weighted by atomic mass is 16.3. The molecule has 2 heteroatoms. The summed E-state index contributed by atoms with van der Waals surface area (Å²) in [6, 6.07) is 5.61. The molecule has 0 saturated carbocycles. The fourth-order valence-electron chi connectivity index (χ4n) is 1.58. The van der Waals surface area contributed by atoms with E-state index in [1.807, 2.05) is 25.1 Å². The fraction of sp³-hybridized carbons (Fsp3) is 0.154. The van der Waals surface area contributed by atoms with Gasteiger partial charge in [0.25, 0.3) is 0 Å². The van der Waals surface area contributed by atoms with Crippen LogP contribution in [-0.2, 0) is 6.42 Å². The van der Waals surface area contributed by atoms with Gasteiger partial charge in [0.15, 0.2) is 5.43 Å². The van der Waals surface area contributed by atoms with E-state index in [0.29, 0.717) is 23.0 Å². The lowest BCUT2D eigenvalue weighted by Gasteiger charge is -2.00. The molecule has 0 radical (unpaired) electrons.